The second-order valence-corrected chi connectivity index (χ2v) is 4.94. The first kappa shape index (κ1) is 12.2. The van der Waals surface area contributed by atoms with E-state index in [4.69, 9.17) is 10.5 Å². The quantitative estimate of drug-likeness (QED) is 0.891. The summed E-state index contributed by atoms with van der Waals surface area (Å²) in [6.45, 7) is 2.09. The second kappa shape index (κ2) is 4.66. The predicted octanol–water partition coefficient (Wildman–Crippen LogP) is 1.79. The standard InChI is InChI=1S/C14H18N4O/c1-9-11(15)7-8-13-16-14(17-18(9)13)10-5-3-4-6-12(10)19-2/h3-6,9,11H,7-8,15H2,1-2H3. The van der Waals surface area contributed by atoms with Crippen LogP contribution in [0.2, 0.25) is 0 Å². The third-order valence-corrected chi connectivity index (χ3v) is 3.76. The molecule has 0 amide bonds. The van der Waals surface area contributed by atoms with Gasteiger partial charge in [0.1, 0.15) is 11.6 Å². The lowest BCUT2D eigenvalue weighted by atomic mass is 10.0. The summed E-state index contributed by atoms with van der Waals surface area (Å²) in [5, 5.41) is 4.61. The molecule has 5 heteroatoms. The first-order valence-electron chi connectivity index (χ1n) is 6.55. The smallest absolute Gasteiger partial charge is 0.185 e. The van der Waals surface area contributed by atoms with Crippen LogP contribution in [0.4, 0.5) is 0 Å². The van der Waals surface area contributed by atoms with Crippen molar-refractivity contribution in [3.8, 4) is 17.1 Å². The van der Waals surface area contributed by atoms with Crippen LogP contribution in [0.25, 0.3) is 11.4 Å². The summed E-state index contributed by atoms with van der Waals surface area (Å²) in [6.07, 6.45) is 1.85. The highest BCUT2D eigenvalue weighted by Crippen LogP contribution is 2.30. The Bertz CT molecular complexity index is 593. The molecule has 19 heavy (non-hydrogen) atoms. The van der Waals surface area contributed by atoms with Gasteiger partial charge in [-0.3, -0.25) is 0 Å². The Morgan fingerprint density at radius 1 is 1.37 bits per heavy atom. The Morgan fingerprint density at radius 3 is 2.95 bits per heavy atom. The number of para-hydroxylation sites is 1. The van der Waals surface area contributed by atoms with Crippen molar-refractivity contribution in [3.05, 3.63) is 30.1 Å². The van der Waals surface area contributed by atoms with Gasteiger partial charge >= 0.3 is 0 Å². The van der Waals surface area contributed by atoms with Crippen LogP contribution in [-0.2, 0) is 6.42 Å². The van der Waals surface area contributed by atoms with E-state index < -0.39 is 0 Å². The van der Waals surface area contributed by atoms with Crippen molar-refractivity contribution in [2.45, 2.75) is 31.8 Å². The van der Waals surface area contributed by atoms with E-state index in [1.54, 1.807) is 7.11 Å². The number of nitrogens with zero attached hydrogens (tertiary/aromatic N) is 3. The van der Waals surface area contributed by atoms with E-state index in [9.17, 15) is 0 Å². The summed E-state index contributed by atoms with van der Waals surface area (Å²) >= 11 is 0. The molecule has 1 aliphatic rings. The maximum absolute atomic E-state index is 6.08. The highest BCUT2D eigenvalue weighted by atomic mass is 16.5. The van der Waals surface area contributed by atoms with Gasteiger partial charge in [0.15, 0.2) is 5.82 Å². The molecule has 0 fully saturated rings. The largest absolute Gasteiger partial charge is 0.496 e. The van der Waals surface area contributed by atoms with Crippen LogP contribution in [0.3, 0.4) is 0 Å². The van der Waals surface area contributed by atoms with Crippen molar-refractivity contribution < 1.29 is 4.74 Å². The lowest BCUT2D eigenvalue weighted by Gasteiger charge is -2.25. The molecule has 2 aromatic rings. The van der Waals surface area contributed by atoms with Crippen molar-refractivity contribution in [3.63, 3.8) is 0 Å². The third kappa shape index (κ3) is 2.00. The van der Waals surface area contributed by atoms with E-state index in [0.29, 0.717) is 5.82 Å². The average molecular weight is 258 g/mol. The van der Waals surface area contributed by atoms with Crippen LogP contribution in [0.5, 0.6) is 5.75 Å². The molecule has 2 heterocycles. The first-order valence-corrected chi connectivity index (χ1v) is 6.55. The van der Waals surface area contributed by atoms with Crippen LogP contribution >= 0.6 is 0 Å². The Morgan fingerprint density at radius 2 is 2.16 bits per heavy atom. The molecule has 0 bridgehead atoms. The fourth-order valence-electron chi connectivity index (χ4n) is 2.51. The van der Waals surface area contributed by atoms with E-state index in [-0.39, 0.29) is 12.1 Å². The zero-order valence-electron chi connectivity index (χ0n) is 11.2. The monoisotopic (exact) mass is 258 g/mol. The molecule has 0 spiro atoms. The topological polar surface area (TPSA) is 66.0 Å². The normalized spacial score (nSPS) is 22.1. The summed E-state index contributed by atoms with van der Waals surface area (Å²) in [6, 6.07) is 8.15. The minimum absolute atomic E-state index is 0.153. The van der Waals surface area contributed by atoms with Crippen molar-refractivity contribution in [2.75, 3.05) is 7.11 Å². The van der Waals surface area contributed by atoms with E-state index in [1.165, 1.54) is 0 Å². The minimum Gasteiger partial charge on any atom is -0.496 e. The summed E-state index contributed by atoms with van der Waals surface area (Å²) in [7, 11) is 1.66. The van der Waals surface area contributed by atoms with E-state index in [1.807, 2.05) is 28.9 Å². The molecule has 0 aliphatic carbocycles. The van der Waals surface area contributed by atoms with Crippen LogP contribution in [0.15, 0.2) is 24.3 Å². The molecule has 1 aromatic carbocycles. The molecule has 0 radical (unpaired) electrons. The number of hydrogen-bond acceptors (Lipinski definition) is 4. The van der Waals surface area contributed by atoms with Gasteiger partial charge in [-0.15, -0.1) is 0 Å². The zero-order chi connectivity index (χ0) is 13.4. The Labute approximate surface area is 112 Å². The van der Waals surface area contributed by atoms with Crippen molar-refractivity contribution in [1.29, 1.82) is 0 Å². The van der Waals surface area contributed by atoms with Crippen molar-refractivity contribution >= 4 is 0 Å². The summed E-state index contributed by atoms with van der Waals surface area (Å²) in [5.41, 5.74) is 7.01. The molecule has 3 rings (SSSR count). The second-order valence-electron chi connectivity index (χ2n) is 4.94. The number of aromatic nitrogens is 3. The Kier molecular flexibility index (Phi) is 2.98. The predicted molar refractivity (Wildman–Crippen MR) is 73.0 cm³/mol. The molecular formula is C14H18N4O. The number of hydrogen-bond donors (Lipinski definition) is 1. The summed E-state index contributed by atoms with van der Waals surface area (Å²) < 4.78 is 7.32. The van der Waals surface area contributed by atoms with E-state index in [0.717, 1.165) is 30.0 Å². The van der Waals surface area contributed by atoms with Crippen LogP contribution in [0.1, 0.15) is 25.2 Å². The fraction of sp³-hybridized carbons (Fsp3) is 0.429. The van der Waals surface area contributed by atoms with Gasteiger partial charge in [0.2, 0.25) is 0 Å². The van der Waals surface area contributed by atoms with Gasteiger partial charge in [0.05, 0.1) is 18.7 Å². The molecule has 1 aromatic heterocycles. The number of benzene rings is 1. The molecule has 5 nitrogen and oxygen atoms in total. The summed E-state index contributed by atoms with van der Waals surface area (Å²) in [4.78, 5) is 4.63. The van der Waals surface area contributed by atoms with Crippen molar-refractivity contribution in [2.24, 2.45) is 5.73 Å². The van der Waals surface area contributed by atoms with Gasteiger partial charge < -0.3 is 10.5 Å². The average Bonchev–Trinajstić information content (AvgIpc) is 2.87. The first-order chi connectivity index (χ1) is 9.20. The summed E-state index contributed by atoms with van der Waals surface area (Å²) in [5.74, 6) is 2.52. The number of nitrogens with two attached hydrogens (primary N) is 1. The molecule has 2 unspecified atom stereocenters. The third-order valence-electron chi connectivity index (χ3n) is 3.76. The maximum Gasteiger partial charge on any atom is 0.185 e. The minimum atomic E-state index is 0.153. The molecule has 100 valence electrons. The number of rotatable bonds is 2. The Balaban J connectivity index is 2.06. The molecule has 2 atom stereocenters. The molecular weight excluding hydrogens is 240 g/mol. The van der Waals surface area contributed by atoms with Crippen LogP contribution in [0, 0.1) is 0 Å². The SMILES string of the molecule is COc1ccccc1-c1nc2n(n1)C(C)C(N)CC2. The zero-order valence-corrected chi connectivity index (χ0v) is 11.2. The van der Waals surface area contributed by atoms with Crippen LogP contribution in [-0.4, -0.2) is 27.9 Å². The number of aryl methyl sites for hydroxylation is 1. The number of fused-ring (bicyclic) bond motifs is 1. The van der Waals surface area contributed by atoms with Gasteiger partial charge in [-0.25, -0.2) is 9.67 Å². The fourth-order valence-corrected chi connectivity index (χ4v) is 2.51. The number of ether oxygens (including phenoxy) is 1. The van der Waals surface area contributed by atoms with Crippen molar-refractivity contribution in [1.82, 2.24) is 14.8 Å². The number of methoxy groups -OCH3 is 1. The molecule has 2 N–H and O–H groups in total. The highest BCUT2D eigenvalue weighted by molar-refractivity contribution is 5.63. The van der Waals surface area contributed by atoms with Crippen LogP contribution < -0.4 is 10.5 Å². The van der Waals surface area contributed by atoms with Gasteiger partial charge in [0.25, 0.3) is 0 Å². The van der Waals surface area contributed by atoms with Gasteiger partial charge in [0, 0.05) is 12.5 Å². The Hall–Kier alpha value is -1.88. The van der Waals surface area contributed by atoms with Gasteiger partial charge in [-0.2, -0.15) is 5.10 Å². The van der Waals surface area contributed by atoms with E-state index >= 15 is 0 Å². The molecule has 0 saturated carbocycles. The lowest BCUT2D eigenvalue weighted by molar-refractivity contribution is 0.339. The maximum atomic E-state index is 6.08. The molecule has 1 aliphatic heterocycles. The van der Waals surface area contributed by atoms with Gasteiger partial charge in [-0.1, -0.05) is 12.1 Å². The van der Waals surface area contributed by atoms with Gasteiger partial charge in [-0.05, 0) is 25.5 Å². The highest BCUT2D eigenvalue weighted by Gasteiger charge is 2.26. The lowest BCUT2D eigenvalue weighted by Crippen LogP contribution is -2.36. The molecule has 0 saturated heterocycles. The van der Waals surface area contributed by atoms with E-state index in [2.05, 4.69) is 17.0 Å².